The van der Waals surface area contributed by atoms with Crippen LogP contribution in [0.4, 0.5) is 17.2 Å². The van der Waals surface area contributed by atoms with Crippen molar-refractivity contribution < 1.29 is 4.79 Å². The quantitative estimate of drug-likeness (QED) is 0.884. The molecule has 1 amide bonds. The molecular weight excluding hydrogens is 336 g/mol. The lowest BCUT2D eigenvalue weighted by Gasteiger charge is -2.31. The van der Waals surface area contributed by atoms with Crippen LogP contribution in [-0.2, 0) is 0 Å². The molecule has 0 spiro atoms. The SMILES string of the molecule is CC1CCCN(c2cc(C(=O)Nc3ccc(N4CCCC4)cc3)ccn2)C1. The van der Waals surface area contributed by atoms with E-state index in [1.807, 2.05) is 18.2 Å². The minimum Gasteiger partial charge on any atom is -0.372 e. The van der Waals surface area contributed by atoms with Crippen molar-refractivity contribution in [2.24, 2.45) is 5.92 Å². The number of carbonyl (C=O) groups is 1. The molecule has 1 aromatic carbocycles. The van der Waals surface area contributed by atoms with Crippen molar-refractivity contribution in [2.75, 3.05) is 41.3 Å². The maximum atomic E-state index is 12.7. The van der Waals surface area contributed by atoms with Crippen LogP contribution in [0.2, 0.25) is 0 Å². The number of carbonyl (C=O) groups excluding carboxylic acids is 1. The Bertz CT molecular complexity index is 783. The third-order valence-electron chi connectivity index (χ3n) is 5.59. The molecule has 1 aromatic heterocycles. The predicted octanol–water partition coefficient (Wildman–Crippen LogP) is 4.17. The van der Waals surface area contributed by atoms with E-state index in [1.165, 1.54) is 31.4 Å². The van der Waals surface area contributed by atoms with Gasteiger partial charge >= 0.3 is 0 Å². The van der Waals surface area contributed by atoms with Crippen LogP contribution in [0.1, 0.15) is 43.0 Å². The van der Waals surface area contributed by atoms with E-state index in [0.29, 0.717) is 11.5 Å². The number of nitrogens with one attached hydrogen (secondary N) is 1. The van der Waals surface area contributed by atoms with Gasteiger partial charge in [-0.05, 0) is 68.0 Å². The van der Waals surface area contributed by atoms with Crippen molar-refractivity contribution >= 4 is 23.1 Å². The lowest BCUT2D eigenvalue weighted by molar-refractivity contribution is 0.102. The van der Waals surface area contributed by atoms with Gasteiger partial charge in [0.25, 0.3) is 5.91 Å². The van der Waals surface area contributed by atoms with Crippen LogP contribution in [0.15, 0.2) is 42.6 Å². The average molecular weight is 364 g/mol. The van der Waals surface area contributed by atoms with Crippen LogP contribution in [-0.4, -0.2) is 37.1 Å². The Morgan fingerprint density at radius 3 is 2.52 bits per heavy atom. The van der Waals surface area contributed by atoms with E-state index < -0.39 is 0 Å². The number of pyridine rings is 1. The van der Waals surface area contributed by atoms with E-state index in [4.69, 9.17) is 0 Å². The highest BCUT2D eigenvalue weighted by Crippen LogP contribution is 2.24. The van der Waals surface area contributed by atoms with Gasteiger partial charge in [0.05, 0.1) is 0 Å². The summed E-state index contributed by atoms with van der Waals surface area (Å²) in [6.07, 6.45) is 6.71. The van der Waals surface area contributed by atoms with E-state index in [-0.39, 0.29) is 5.91 Å². The van der Waals surface area contributed by atoms with Crippen molar-refractivity contribution in [1.29, 1.82) is 0 Å². The van der Waals surface area contributed by atoms with Crippen molar-refractivity contribution in [3.63, 3.8) is 0 Å². The number of anilines is 3. The summed E-state index contributed by atoms with van der Waals surface area (Å²) in [6, 6.07) is 11.8. The molecule has 2 aliphatic rings. The molecular formula is C22H28N4O. The van der Waals surface area contributed by atoms with Gasteiger partial charge in [-0.3, -0.25) is 4.79 Å². The number of rotatable bonds is 4. The number of hydrogen-bond acceptors (Lipinski definition) is 4. The Labute approximate surface area is 161 Å². The molecule has 0 saturated carbocycles. The Kier molecular flexibility index (Phi) is 5.28. The highest BCUT2D eigenvalue weighted by atomic mass is 16.1. The lowest BCUT2D eigenvalue weighted by Crippen LogP contribution is -2.34. The second-order valence-electron chi connectivity index (χ2n) is 7.79. The molecule has 1 unspecified atom stereocenters. The molecule has 2 aliphatic heterocycles. The number of nitrogens with zero attached hydrogens (tertiary/aromatic N) is 3. The van der Waals surface area contributed by atoms with Gasteiger partial charge in [0.1, 0.15) is 5.82 Å². The molecule has 2 aromatic rings. The molecule has 0 aliphatic carbocycles. The summed E-state index contributed by atoms with van der Waals surface area (Å²) in [5.74, 6) is 1.49. The van der Waals surface area contributed by atoms with E-state index >= 15 is 0 Å². The zero-order valence-electron chi connectivity index (χ0n) is 16.0. The van der Waals surface area contributed by atoms with Gasteiger partial charge in [0.15, 0.2) is 0 Å². The largest absolute Gasteiger partial charge is 0.372 e. The fourth-order valence-electron chi connectivity index (χ4n) is 4.06. The van der Waals surface area contributed by atoms with Crippen LogP contribution in [0.3, 0.4) is 0 Å². The van der Waals surface area contributed by atoms with Gasteiger partial charge in [0.2, 0.25) is 0 Å². The molecule has 1 N–H and O–H groups in total. The van der Waals surface area contributed by atoms with Crippen molar-refractivity contribution in [1.82, 2.24) is 4.98 Å². The van der Waals surface area contributed by atoms with Crippen molar-refractivity contribution in [2.45, 2.75) is 32.6 Å². The van der Waals surface area contributed by atoms with E-state index in [1.54, 1.807) is 12.3 Å². The zero-order valence-corrected chi connectivity index (χ0v) is 16.0. The first-order chi connectivity index (χ1) is 13.2. The monoisotopic (exact) mass is 364 g/mol. The second-order valence-corrected chi connectivity index (χ2v) is 7.79. The summed E-state index contributed by atoms with van der Waals surface area (Å²) in [7, 11) is 0. The van der Waals surface area contributed by atoms with Crippen molar-refractivity contribution in [3.8, 4) is 0 Å². The van der Waals surface area contributed by atoms with Crippen molar-refractivity contribution in [3.05, 3.63) is 48.2 Å². The molecule has 5 nitrogen and oxygen atoms in total. The fraction of sp³-hybridized carbons (Fsp3) is 0.455. The number of benzene rings is 1. The maximum Gasteiger partial charge on any atom is 0.255 e. The standard InChI is InChI=1S/C22H28N4O/c1-17-5-4-14-26(16-17)21-15-18(10-11-23-21)22(27)24-19-6-8-20(9-7-19)25-12-2-3-13-25/h6-11,15,17H,2-5,12-14,16H2,1H3,(H,24,27). The lowest BCUT2D eigenvalue weighted by atomic mass is 10.0. The molecule has 2 fully saturated rings. The summed E-state index contributed by atoms with van der Waals surface area (Å²) in [5, 5.41) is 3.01. The Hall–Kier alpha value is -2.56. The summed E-state index contributed by atoms with van der Waals surface area (Å²) < 4.78 is 0. The second kappa shape index (κ2) is 7.99. The molecule has 142 valence electrons. The third-order valence-corrected chi connectivity index (χ3v) is 5.59. The summed E-state index contributed by atoms with van der Waals surface area (Å²) in [5.41, 5.74) is 2.71. The highest BCUT2D eigenvalue weighted by molar-refractivity contribution is 6.04. The van der Waals surface area contributed by atoms with Gasteiger partial charge < -0.3 is 15.1 Å². The van der Waals surface area contributed by atoms with E-state index in [9.17, 15) is 4.79 Å². The number of piperidine rings is 1. The molecule has 2 saturated heterocycles. The van der Waals surface area contributed by atoms with Crippen LogP contribution >= 0.6 is 0 Å². The van der Waals surface area contributed by atoms with E-state index in [0.717, 1.165) is 37.7 Å². The third kappa shape index (κ3) is 4.24. The first kappa shape index (κ1) is 17.8. The molecule has 5 heteroatoms. The maximum absolute atomic E-state index is 12.7. The van der Waals surface area contributed by atoms with Crippen LogP contribution < -0.4 is 15.1 Å². The van der Waals surface area contributed by atoms with Crippen LogP contribution in [0, 0.1) is 5.92 Å². The van der Waals surface area contributed by atoms with Gasteiger partial charge in [-0.15, -0.1) is 0 Å². The first-order valence-corrected chi connectivity index (χ1v) is 10.1. The number of aromatic nitrogens is 1. The topological polar surface area (TPSA) is 48.5 Å². The highest BCUT2D eigenvalue weighted by Gasteiger charge is 2.19. The van der Waals surface area contributed by atoms with Gasteiger partial charge in [-0.2, -0.15) is 0 Å². The summed E-state index contributed by atoms with van der Waals surface area (Å²) in [4.78, 5) is 21.8. The Morgan fingerprint density at radius 1 is 1.04 bits per heavy atom. The van der Waals surface area contributed by atoms with Gasteiger partial charge in [-0.1, -0.05) is 6.92 Å². The molecule has 4 rings (SSSR count). The number of amides is 1. The first-order valence-electron chi connectivity index (χ1n) is 10.1. The summed E-state index contributed by atoms with van der Waals surface area (Å²) >= 11 is 0. The smallest absolute Gasteiger partial charge is 0.255 e. The van der Waals surface area contributed by atoms with Crippen LogP contribution in [0.25, 0.3) is 0 Å². The molecule has 27 heavy (non-hydrogen) atoms. The minimum atomic E-state index is -0.0855. The van der Waals surface area contributed by atoms with E-state index in [2.05, 4.69) is 39.2 Å². The van der Waals surface area contributed by atoms with Gasteiger partial charge in [-0.25, -0.2) is 4.98 Å². The average Bonchev–Trinajstić information content (AvgIpc) is 3.23. The van der Waals surface area contributed by atoms with Crippen LogP contribution in [0.5, 0.6) is 0 Å². The number of hydrogen-bond donors (Lipinski definition) is 1. The zero-order chi connectivity index (χ0) is 18.6. The molecule has 0 bridgehead atoms. The summed E-state index contributed by atoms with van der Waals surface area (Å²) in [6.45, 7) is 6.55. The normalized spacial score (nSPS) is 20.0. The fourth-order valence-corrected chi connectivity index (χ4v) is 4.06. The molecule has 1 atom stereocenters. The Balaban J connectivity index is 1.42. The molecule has 0 radical (unpaired) electrons. The minimum absolute atomic E-state index is 0.0855. The van der Waals surface area contributed by atoms with Gasteiger partial charge in [0, 0.05) is 49.3 Å². The Morgan fingerprint density at radius 2 is 1.78 bits per heavy atom. The molecule has 3 heterocycles. The predicted molar refractivity (Wildman–Crippen MR) is 111 cm³/mol.